The lowest BCUT2D eigenvalue weighted by Crippen LogP contribution is -2.04. The van der Waals surface area contributed by atoms with Gasteiger partial charge in [-0.25, -0.2) is 0 Å². The van der Waals surface area contributed by atoms with Gasteiger partial charge < -0.3 is 9.84 Å². The van der Waals surface area contributed by atoms with Crippen LogP contribution in [0.4, 0.5) is 0 Å². The number of methoxy groups -OCH3 is 1. The SMILES string of the molecule is COc1cc(Br)ccc1C(O)Cc1ccccc1. The van der Waals surface area contributed by atoms with Gasteiger partial charge in [0.15, 0.2) is 0 Å². The van der Waals surface area contributed by atoms with Gasteiger partial charge >= 0.3 is 0 Å². The lowest BCUT2D eigenvalue weighted by Gasteiger charge is -2.15. The summed E-state index contributed by atoms with van der Waals surface area (Å²) in [5.74, 6) is 0.702. The minimum absolute atomic E-state index is 0.560. The van der Waals surface area contributed by atoms with E-state index in [4.69, 9.17) is 4.74 Å². The van der Waals surface area contributed by atoms with Crippen LogP contribution < -0.4 is 4.74 Å². The summed E-state index contributed by atoms with van der Waals surface area (Å²) < 4.78 is 6.23. The van der Waals surface area contributed by atoms with Gasteiger partial charge in [-0.2, -0.15) is 0 Å². The fourth-order valence-corrected chi connectivity index (χ4v) is 2.25. The second kappa shape index (κ2) is 6.03. The van der Waals surface area contributed by atoms with E-state index in [9.17, 15) is 5.11 Å². The van der Waals surface area contributed by atoms with Crippen molar-refractivity contribution >= 4 is 15.9 Å². The zero-order valence-corrected chi connectivity index (χ0v) is 11.7. The Morgan fingerprint density at radius 1 is 1.17 bits per heavy atom. The molecule has 0 saturated heterocycles. The van der Waals surface area contributed by atoms with Crippen LogP contribution in [0.15, 0.2) is 53.0 Å². The molecule has 94 valence electrons. The van der Waals surface area contributed by atoms with E-state index in [-0.39, 0.29) is 0 Å². The molecule has 2 rings (SSSR count). The van der Waals surface area contributed by atoms with Gasteiger partial charge in [0.2, 0.25) is 0 Å². The summed E-state index contributed by atoms with van der Waals surface area (Å²) in [6.07, 6.45) is 0.0224. The predicted octanol–water partition coefficient (Wildman–Crippen LogP) is 3.73. The van der Waals surface area contributed by atoms with Crippen molar-refractivity contribution in [3.05, 3.63) is 64.1 Å². The van der Waals surface area contributed by atoms with Crippen LogP contribution in [-0.4, -0.2) is 12.2 Å². The third-order valence-corrected chi connectivity index (χ3v) is 3.32. The summed E-state index contributed by atoms with van der Waals surface area (Å²) >= 11 is 3.39. The topological polar surface area (TPSA) is 29.5 Å². The first-order valence-corrected chi connectivity index (χ1v) is 6.55. The standard InChI is InChI=1S/C15H15BrO2/c1-18-15-10-12(16)7-8-13(15)14(17)9-11-5-3-2-4-6-11/h2-8,10,14,17H,9H2,1H3. The highest BCUT2D eigenvalue weighted by molar-refractivity contribution is 9.10. The predicted molar refractivity (Wildman–Crippen MR) is 75.8 cm³/mol. The molecule has 2 aromatic carbocycles. The fourth-order valence-electron chi connectivity index (χ4n) is 1.91. The number of ether oxygens (including phenoxy) is 1. The van der Waals surface area contributed by atoms with Crippen LogP contribution in [-0.2, 0) is 6.42 Å². The normalized spacial score (nSPS) is 12.2. The molecule has 18 heavy (non-hydrogen) atoms. The highest BCUT2D eigenvalue weighted by atomic mass is 79.9. The van der Waals surface area contributed by atoms with E-state index in [1.165, 1.54) is 0 Å². The van der Waals surface area contributed by atoms with Crippen LogP contribution in [0.1, 0.15) is 17.2 Å². The molecule has 0 saturated carbocycles. The number of benzene rings is 2. The van der Waals surface area contributed by atoms with Gasteiger partial charge in [0, 0.05) is 16.5 Å². The van der Waals surface area contributed by atoms with Gasteiger partial charge in [-0.15, -0.1) is 0 Å². The average molecular weight is 307 g/mol. The molecule has 0 aromatic heterocycles. The van der Waals surface area contributed by atoms with Gasteiger partial charge in [-0.3, -0.25) is 0 Å². The van der Waals surface area contributed by atoms with E-state index in [1.807, 2.05) is 48.5 Å². The molecule has 0 fully saturated rings. The molecule has 2 aromatic rings. The minimum Gasteiger partial charge on any atom is -0.496 e. The smallest absolute Gasteiger partial charge is 0.125 e. The van der Waals surface area contributed by atoms with Gasteiger partial charge in [0.25, 0.3) is 0 Å². The Bertz CT molecular complexity index is 511. The Kier molecular flexibility index (Phi) is 4.39. The number of hydrogen-bond acceptors (Lipinski definition) is 2. The van der Waals surface area contributed by atoms with Crippen LogP contribution in [0.3, 0.4) is 0 Å². The Morgan fingerprint density at radius 3 is 2.56 bits per heavy atom. The lowest BCUT2D eigenvalue weighted by atomic mass is 10.0. The van der Waals surface area contributed by atoms with Crippen molar-refractivity contribution < 1.29 is 9.84 Å². The van der Waals surface area contributed by atoms with E-state index in [2.05, 4.69) is 15.9 Å². The van der Waals surface area contributed by atoms with Gasteiger partial charge in [-0.05, 0) is 17.7 Å². The third kappa shape index (κ3) is 3.12. The van der Waals surface area contributed by atoms with E-state index in [1.54, 1.807) is 7.11 Å². The summed E-state index contributed by atoms with van der Waals surface area (Å²) in [5.41, 5.74) is 1.92. The first kappa shape index (κ1) is 13.1. The van der Waals surface area contributed by atoms with Crippen LogP contribution >= 0.6 is 15.9 Å². The number of aliphatic hydroxyl groups is 1. The van der Waals surface area contributed by atoms with Crippen LogP contribution in [0, 0.1) is 0 Å². The monoisotopic (exact) mass is 306 g/mol. The zero-order valence-electron chi connectivity index (χ0n) is 10.1. The lowest BCUT2D eigenvalue weighted by molar-refractivity contribution is 0.174. The molecule has 0 aliphatic carbocycles. The highest BCUT2D eigenvalue weighted by Crippen LogP contribution is 2.30. The van der Waals surface area contributed by atoms with Crippen molar-refractivity contribution in [2.45, 2.75) is 12.5 Å². The van der Waals surface area contributed by atoms with Crippen molar-refractivity contribution in [2.24, 2.45) is 0 Å². The van der Waals surface area contributed by atoms with Crippen LogP contribution in [0.5, 0.6) is 5.75 Å². The van der Waals surface area contributed by atoms with Crippen molar-refractivity contribution in [2.75, 3.05) is 7.11 Å². The minimum atomic E-state index is -0.560. The average Bonchev–Trinajstić information content (AvgIpc) is 2.39. The maximum absolute atomic E-state index is 10.3. The molecule has 1 N–H and O–H groups in total. The molecule has 0 spiro atoms. The molecule has 0 heterocycles. The Balaban J connectivity index is 2.21. The molecule has 0 aliphatic rings. The molecule has 1 atom stereocenters. The largest absolute Gasteiger partial charge is 0.496 e. The first-order chi connectivity index (χ1) is 8.70. The Hall–Kier alpha value is -1.32. The second-order valence-corrected chi connectivity index (χ2v) is 5.01. The molecule has 0 aliphatic heterocycles. The van der Waals surface area contributed by atoms with E-state index in [0.29, 0.717) is 12.2 Å². The summed E-state index contributed by atoms with van der Waals surface area (Å²) in [4.78, 5) is 0. The number of rotatable bonds is 4. The molecule has 3 heteroatoms. The zero-order chi connectivity index (χ0) is 13.0. The van der Waals surface area contributed by atoms with Crippen molar-refractivity contribution in [1.29, 1.82) is 0 Å². The number of hydrogen-bond donors (Lipinski definition) is 1. The van der Waals surface area contributed by atoms with E-state index in [0.717, 1.165) is 15.6 Å². The molecule has 1 unspecified atom stereocenters. The van der Waals surface area contributed by atoms with Crippen LogP contribution in [0.25, 0.3) is 0 Å². The molecule has 0 bridgehead atoms. The Labute approximate surface area is 115 Å². The molecular formula is C15H15BrO2. The second-order valence-electron chi connectivity index (χ2n) is 4.09. The third-order valence-electron chi connectivity index (χ3n) is 2.83. The van der Waals surface area contributed by atoms with Gasteiger partial charge in [-0.1, -0.05) is 52.3 Å². The molecule has 2 nitrogen and oxygen atoms in total. The fraction of sp³-hybridized carbons (Fsp3) is 0.200. The quantitative estimate of drug-likeness (QED) is 0.932. The number of halogens is 1. The van der Waals surface area contributed by atoms with Crippen molar-refractivity contribution in [3.8, 4) is 5.75 Å². The molecule has 0 radical (unpaired) electrons. The summed E-state index contributed by atoms with van der Waals surface area (Å²) in [5, 5.41) is 10.3. The van der Waals surface area contributed by atoms with Crippen molar-refractivity contribution in [3.63, 3.8) is 0 Å². The van der Waals surface area contributed by atoms with Crippen molar-refractivity contribution in [1.82, 2.24) is 0 Å². The van der Waals surface area contributed by atoms with E-state index < -0.39 is 6.10 Å². The summed E-state index contributed by atoms with van der Waals surface area (Å²) in [6, 6.07) is 15.6. The number of aliphatic hydroxyl groups excluding tert-OH is 1. The Morgan fingerprint density at radius 2 is 1.89 bits per heavy atom. The highest BCUT2D eigenvalue weighted by Gasteiger charge is 2.14. The van der Waals surface area contributed by atoms with Gasteiger partial charge in [0.1, 0.15) is 5.75 Å². The molecule has 0 amide bonds. The van der Waals surface area contributed by atoms with Gasteiger partial charge in [0.05, 0.1) is 13.2 Å². The van der Waals surface area contributed by atoms with Crippen LogP contribution in [0.2, 0.25) is 0 Å². The first-order valence-electron chi connectivity index (χ1n) is 5.76. The van der Waals surface area contributed by atoms with E-state index >= 15 is 0 Å². The maximum atomic E-state index is 10.3. The summed E-state index contributed by atoms with van der Waals surface area (Å²) in [7, 11) is 1.61. The summed E-state index contributed by atoms with van der Waals surface area (Å²) in [6.45, 7) is 0. The maximum Gasteiger partial charge on any atom is 0.125 e. The molecular weight excluding hydrogens is 292 g/mol.